The van der Waals surface area contributed by atoms with Gasteiger partial charge in [-0.25, -0.2) is 23.7 Å². The first-order valence-corrected chi connectivity index (χ1v) is 12.0. The predicted molar refractivity (Wildman–Crippen MR) is 128 cm³/mol. The molecule has 1 atom stereocenters. The topological polar surface area (TPSA) is 89.2 Å². The Kier molecular flexibility index (Phi) is 6.07. The lowest BCUT2D eigenvalue weighted by molar-refractivity contribution is -0.274. The zero-order valence-electron chi connectivity index (χ0n) is 19.2. The number of aromatic nitrogens is 3. The van der Waals surface area contributed by atoms with E-state index in [9.17, 15) is 17.6 Å². The molecule has 0 radical (unpaired) electrons. The average molecular weight is 525 g/mol. The molecule has 2 aromatic heterocycles. The summed E-state index contributed by atoms with van der Waals surface area (Å²) in [6.45, 7) is 3.22. The van der Waals surface area contributed by atoms with Gasteiger partial charge in [0.15, 0.2) is 10.9 Å². The minimum absolute atomic E-state index is 0.00598. The van der Waals surface area contributed by atoms with Gasteiger partial charge in [-0.1, -0.05) is 18.3 Å². The quantitative estimate of drug-likeness (QED) is 0.354. The van der Waals surface area contributed by atoms with Gasteiger partial charge < -0.3 is 20.7 Å². The number of nitrogens with one attached hydrogen (secondary N) is 1. The summed E-state index contributed by atoms with van der Waals surface area (Å²) in [6.07, 6.45) is -3.96. The number of nitrogens with two attached hydrogens (primary N) is 1. The number of benzene rings is 2. The number of nitrogen functional groups attached to an aromatic ring is 1. The van der Waals surface area contributed by atoms with Gasteiger partial charge in [-0.3, -0.25) is 0 Å². The first kappa shape index (κ1) is 24.4. The molecule has 0 bridgehead atoms. The fourth-order valence-corrected chi connectivity index (χ4v) is 5.22. The van der Waals surface area contributed by atoms with Crippen molar-refractivity contribution in [2.45, 2.75) is 32.2 Å². The van der Waals surface area contributed by atoms with Crippen LogP contribution in [0.1, 0.15) is 19.2 Å². The molecule has 1 aliphatic heterocycles. The van der Waals surface area contributed by atoms with E-state index in [4.69, 9.17) is 5.73 Å². The number of alkyl halides is 3. The van der Waals surface area contributed by atoms with E-state index in [1.54, 1.807) is 14.0 Å². The Bertz CT molecular complexity index is 1470. The lowest BCUT2D eigenvalue weighted by atomic mass is 9.99. The summed E-state index contributed by atoms with van der Waals surface area (Å²) in [4.78, 5) is 14.7. The lowest BCUT2D eigenvalue weighted by Gasteiger charge is -2.27. The predicted octanol–water partition coefficient (Wildman–Crippen LogP) is 5.03. The molecule has 0 spiro atoms. The molecular formula is C23H21F5N6OS. The molecule has 13 heteroatoms. The number of likely N-dealkylation sites (N-methyl/N-ethyl adjacent to an activating group) is 1. The van der Waals surface area contributed by atoms with Gasteiger partial charge in [-0.2, -0.15) is 0 Å². The third kappa shape index (κ3) is 4.26. The Balaban J connectivity index is 1.84. The van der Waals surface area contributed by atoms with Crippen LogP contribution in [-0.4, -0.2) is 47.5 Å². The number of fused-ring (bicyclic) bond motifs is 2. The molecule has 3 heterocycles. The summed E-state index contributed by atoms with van der Waals surface area (Å²) in [7, 11) is 1.76. The molecule has 4 aromatic rings. The first-order valence-electron chi connectivity index (χ1n) is 11.1. The third-order valence-corrected chi connectivity index (χ3v) is 7.05. The van der Waals surface area contributed by atoms with Crippen LogP contribution < -0.4 is 20.7 Å². The van der Waals surface area contributed by atoms with Crippen LogP contribution in [0.15, 0.2) is 18.2 Å². The maximum absolute atomic E-state index is 16.2. The molecule has 5 rings (SSSR count). The second kappa shape index (κ2) is 8.96. The van der Waals surface area contributed by atoms with E-state index < -0.39 is 29.3 Å². The van der Waals surface area contributed by atoms with Gasteiger partial charge in [0.2, 0.25) is 0 Å². The maximum atomic E-state index is 16.2. The number of ether oxygens (including phenoxy) is 1. The molecular weight excluding hydrogens is 503 g/mol. The highest BCUT2D eigenvalue weighted by Gasteiger charge is 2.35. The van der Waals surface area contributed by atoms with Crippen molar-refractivity contribution in [3.63, 3.8) is 0 Å². The highest BCUT2D eigenvalue weighted by Crippen LogP contribution is 2.45. The van der Waals surface area contributed by atoms with Crippen molar-refractivity contribution < 1.29 is 26.7 Å². The van der Waals surface area contributed by atoms with Crippen molar-refractivity contribution in [1.82, 2.24) is 20.3 Å². The van der Waals surface area contributed by atoms with Crippen LogP contribution in [0.4, 0.5) is 32.9 Å². The minimum Gasteiger partial charge on any atom is -0.405 e. The van der Waals surface area contributed by atoms with Gasteiger partial charge in [-0.15, -0.1) is 13.2 Å². The van der Waals surface area contributed by atoms with Crippen molar-refractivity contribution >= 4 is 43.4 Å². The molecule has 2 aromatic carbocycles. The highest BCUT2D eigenvalue weighted by atomic mass is 32.1. The van der Waals surface area contributed by atoms with Crippen LogP contribution in [-0.2, 0) is 6.42 Å². The number of thiazole rings is 1. The number of nitrogens with zero attached hydrogens (tertiary/aromatic N) is 4. The summed E-state index contributed by atoms with van der Waals surface area (Å²) in [5.41, 5.74) is 4.87. The van der Waals surface area contributed by atoms with E-state index in [1.807, 2.05) is 4.90 Å². The van der Waals surface area contributed by atoms with E-state index >= 15 is 4.39 Å². The third-order valence-electron chi connectivity index (χ3n) is 6.16. The van der Waals surface area contributed by atoms with Crippen molar-refractivity contribution in [2.75, 3.05) is 30.8 Å². The molecule has 0 amide bonds. The standard InChI is InChI=1S/C23H21F5N6OS/c1-3-15-31-18-12(21(32-15)34(2)10-6-7-30-9-10)8-14(35-23(26,27)28)16(17(18)25)11-4-5-13(24)20-19(11)33-22(29)36-20/h4-5,8,10,30H,3,6-7,9H2,1-2H3,(H2,29,33). The summed E-state index contributed by atoms with van der Waals surface area (Å²) in [5, 5.41) is 3.28. The Morgan fingerprint density at radius 1 is 1.19 bits per heavy atom. The van der Waals surface area contributed by atoms with Crippen molar-refractivity contribution in [3.8, 4) is 16.9 Å². The van der Waals surface area contributed by atoms with E-state index in [1.165, 1.54) is 0 Å². The Labute approximate surface area is 206 Å². The molecule has 1 saturated heterocycles. The van der Waals surface area contributed by atoms with Crippen LogP contribution in [0.3, 0.4) is 0 Å². The van der Waals surface area contributed by atoms with Gasteiger partial charge in [0.25, 0.3) is 0 Å². The number of rotatable bonds is 5. The van der Waals surface area contributed by atoms with E-state index in [0.717, 1.165) is 42.5 Å². The fraction of sp³-hybridized carbons (Fsp3) is 0.348. The summed E-state index contributed by atoms with van der Waals surface area (Å²) in [6, 6.07) is 3.28. The highest BCUT2D eigenvalue weighted by molar-refractivity contribution is 7.22. The number of anilines is 2. The number of halogens is 5. The number of aryl methyl sites for hydroxylation is 1. The van der Waals surface area contributed by atoms with Crippen molar-refractivity contribution in [3.05, 3.63) is 35.7 Å². The molecule has 7 nitrogen and oxygen atoms in total. The average Bonchev–Trinajstić information content (AvgIpc) is 3.49. The number of hydrogen-bond donors (Lipinski definition) is 2. The summed E-state index contributed by atoms with van der Waals surface area (Å²) in [5.74, 6) is -1.91. The molecule has 190 valence electrons. The van der Waals surface area contributed by atoms with E-state index in [2.05, 4.69) is 25.0 Å². The Morgan fingerprint density at radius 3 is 2.64 bits per heavy atom. The Hall–Kier alpha value is -3.32. The molecule has 1 aliphatic rings. The minimum atomic E-state index is -5.12. The van der Waals surface area contributed by atoms with Gasteiger partial charge in [0.05, 0.1) is 15.8 Å². The van der Waals surface area contributed by atoms with Crippen molar-refractivity contribution in [1.29, 1.82) is 0 Å². The molecule has 36 heavy (non-hydrogen) atoms. The van der Waals surface area contributed by atoms with Crippen LogP contribution in [0.25, 0.3) is 32.2 Å². The fourth-order valence-electron chi connectivity index (χ4n) is 4.45. The zero-order valence-corrected chi connectivity index (χ0v) is 20.0. The van der Waals surface area contributed by atoms with Gasteiger partial charge in [0.1, 0.15) is 28.7 Å². The zero-order chi connectivity index (χ0) is 25.8. The Morgan fingerprint density at radius 2 is 1.97 bits per heavy atom. The smallest absolute Gasteiger partial charge is 0.405 e. The second-order valence-electron chi connectivity index (χ2n) is 8.41. The van der Waals surface area contributed by atoms with Crippen LogP contribution in [0, 0.1) is 11.6 Å². The summed E-state index contributed by atoms with van der Waals surface area (Å²) < 4.78 is 75.4. The van der Waals surface area contributed by atoms with E-state index in [0.29, 0.717) is 24.6 Å². The monoisotopic (exact) mass is 524 g/mol. The van der Waals surface area contributed by atoms with E-state index in [-0.39, 0.29) is 37.9 Å². The van der Waals surface area contributed by atoms with Crippen molar-refractivity contribution in [2.24, 2.45) is 0 Å². The SMILES string of the molecule is CCc1nc(N(C)C2CCNC2)c2cc(OC(F)(F)F)c(-c3ccc(F)c4sc(N)nc34)c(F)c2n1. The van der Waals surface area contributed by atoms with Gasteiger partial charge in [0, 0.05) is 37.0 Å². The largest absolute Gasteiger partial charge is 0.573 e. The van der Waals surface area contributed by atoms with Crippen LogP contribution >= 0.6 is 11.3 Å². The lowest BCUT2D eigenvalue weighted by Crippen LogP contribution is -2.34. The van der Waals surface area contributed by atoms with Crippen LogP contribution in [0.2, 0.25) is 0 Å². The molecule has 0 aliphatic carbocycles. The first-order chi connectivity index (χ1) is 17.1. The molecule has 3 N–H and O–H groups in total. The normalized spacial score (nSPS) is 16.2. The second-order valence-corrected chi connectivity index (χ2v) is 9.44. The molecule has 1 unspecified atom stereocenters. The van der Waals surface area contributed by atoms with Gasteiger partial charge >= 0.3 is 6.36 Å². The molecule has 0 saturated carbocycles. The molecule has 1 fully saturated rings. The van der Waals surface area contributed by atoms with Gasteiger partial charge in [-0.05, 0) is 31.2 Å². The van der Waals surface area contributed by atoms with Crippen LogP contribution in [0.5, 0.6) is 5.75 Å². The summed E-state index contributed by atoms with van der Waals surface area (Å²) >= 11 is 0.811. The maximum Gasteiger partial charge on any atom is 0.573 e. The number of hydrogen-bond acceptors (Lipinski definition) is 8.